The van der Waals surface area contributed by atoms with E-state index in [0.717, 1.165) is 22.2 Å². The molecular formula is C30H32N2O2Si. The Labute approximate surface area is 208 Å². The van der Waals surface area contributed by atoms with Crippen molar-refractivity contribution in [2.45, 2.75) is 38.3 Å². The van der Waals surface area contributed by atoms with Crippen molar-refractivity contribution in [1.82, 2.24) is 0 Å². The van der Waals surface area contributed by atoms with Crippen LogP contribution in [0.15, 0.2) is 97.1 Å². The molecule has 1 amide bonds. The van der Waals surface area contributed by atoms with E-state index in [1.165, 1.54) is 10.4 Å². The number of nitrogens with two attached hydrogens (primary N) is 1. The molecule has 0 unspecified atom stereocenters. The first kappa shape index (κ1) is 23.3. The van der Waals surface area contributed by atoms with Crippen molar-refractivity contribution < 1.29 is 9.22 Å². The van der Waals surface area contributed by atoms with Crippen LogP contribution in [0.2, 0.25) is 5.04 Å². The number of anilines is 1. The molecule has 4 nitrogen and oxygen atoms in total. The summed E-state index contributed by atoms with van der Waals surface area (Å²) in [6, 6.07) is 33.2. The molecule has 1 aliphatic rings. The lowest BCUT2D eigenvalue weighted by atomic mass is 10.1. The zero-order valence-corrected chi connectivity index (χ0v) is 21.6. The molecule has 0 radical (unpaired) electrons. The third kappa shape index (κ3) is 4.05. The molecule has 1 heterocycles. The quantitative estimate of drug-likeness (QED) is 0.416. The van der Waals surface area contributed by atoms with Gasteiger partial charge in [0.05, 0.1) is 11.7 Å². The first-order valence-electron chi connectivity index (χ1n) is 12.2. The van der Waals surface area contributed by atoms with Crippen molar-refractivity contribution in [2.75, 3.05) is 11.4 Å². The Morgan fingerprint density at radius 3 is 2.03 bits per heavy atom. The summed E-state index contributed by atoms with van der Waals surface area (Å²) in [7, 11) is -2.75. The van der Waals surface area contributed by atoms with Gasteiger partial charge in [-0.25, -0.2) is 0 Å². The van der Waals surface area contributed by atoms with E-state index in [2.05, 4.69) is 106 Å². The van der Waals surface area contributed by atoms with Gasteiger partial charge in [-0.15, -0.1) is 0 Å². The minimum Gasteiger partial charge on any atom is -0.534 e. The molecule has 35 heavy (non-hydrogen) atoms. The standard InChI is InChI=1S/C30H32N2O2Si/c1-30(2,3)35(24-12-6-4-7-13-24,25-14-8-5-9-15-25)34-23-18-17-22-11-10-16-28(26(22)21-23)32-20-19-27(31)29(32)33/h4-18,21,27H,19-20,31H2,1-3H3/t27-/m0/s1. The molecule has 1 atom stereocenters. The summed E-state index contributed by atoms with van der Waals surface area (Å²) < 4.78 is 7.22. The van der Waals surface area contributed by atoms with Crippen LogP contribution >= 0.6 is 0 Å². The summed E-state index contributed by atoms with van der Waals surface area (Å²) in [4.78, 5) is 14.6. The number of benzene rings is 4. The predicted molar refractivity (Wildman–Crippen MR) is 147 cm³/mol. The highest BCUT2D eigenvalue weighted by Crippen LogP contribution is 2.39. The lowest BCUT2D eigenvalue weighted by Crippen LogP contribution is -2.68. The SMILES string of the molecule is CC(C)(C)[Si](Oc1ccc2cccc(N3CC[C@H](N)C3=O)c2c1)(c1ccccc1)c1ccccc1. The molecule has 4 aromatic carbocycles. The van der Waals surface area contributed by atoms with Crippen LogP contribution in [0.4, 0.5) is 5.69 Å². The summed E-state index contributed by atoms with van der Waals surface area (Å²) in [5, 5.41) is 4.40. The van der Waals surface area contributed by atoms with Crippen LogP contribution in [0.3, 0.4) is 0 Å². The van der Waals surface area contributed by atoms with E-state index in [9.17, 15) is 4.79 Å². The van der Waals surface area contributed by atoms with Crippen molar-refractivity contribution in [3.8, 4) is 5.75 Å². The van der Waals surface area contributed by atoms with Crippen LogP contribution in [0.5, 0.6) is 5.75 Å². The zero-order valence-electron chi connectivity index (χ0n) is 20.6. The smallest absolute Gasteiger partial charge is 0.319 e. The summed E-state index contributed by atoms with van der Waals surface area (Å²) in [6.07, 6.45) is 0.674. The molecular weight excluding hydrogens is 448 g/mol. The summed E-state index contributed by atoms with van der Waals surface area (Å²) in [6.45, 7) is 7.46. The molecule has 5 heteroatoms. The van der Waals surface area contributed by atoms with Crippen LogP contribution in [-0.2, 0) is 4.79 Å². The minimum absolute atomic E-state index is 0.0178. The van der Waals surface area contributed by atoms with E-state index >= 15 is 0 Å². The monoisotopic (exact) mass is 480 g/mol. The normalized spacial score (nSPS) is 16.6. The fourth-order valence-corrected chi connectivity index (χ4v) is 9.71. The molecule has 0 aromatic heterocycles. The Morgan fingerprint density at radius 1 is 0.857 bits per heavy atom. The third-order valence-corrected chi connectivity index (χ3v) is 12.0. The fourth-order valence-electron chi connectivity index (χ4n) is 5.30. The first-order valence-corrected chi connectivity index (χ1v) is 14.1. The average molecular weight is 481 g/mol. The summed E-state index contributed by atoms with van der Waals surface area (Å²) >= 11 is 0. The van der Waals surface area contributed by atoms with Gasteiger partial charge in [0.25, 0.3) is 0 Å². The van der Waals surface area contributed by atoms with Gasteiger partial charge in [-0.3, -0.25) is 4.79 Å². The Kier molecular flexibility index (Phi) is 5.99. The maximum absolute atomic E-state index is 12.7. The van der Waals surface area contributed by atoms with Gasteiger partial charge in [-0.05, 0) is 45.4 Å². The van der Waals surface area contributed by atoms with Gasteiger partial charge in [0.1, 0.15) is 5.75 Å². The molecule has 1 saturated heterocycles. The highest BCUT2D eigenvalue weighted by molar-refractivity contribution is 7.00. The number of fused-ring (bicyclic) bond motifs is 1. The average Bonchev–Trinajstić information content (AvgIpc) is 3.20. The Balaban J connectivity index is 1.68. The number of hydrogen-bond donors (Lipinski definition) is 1. The van der Waals surface area contributed by atoms with Crippen LogP contribution < -0.4 is 25.4 Å². The maximum atomic E-state index is 12.7. The third-order valence-electron chi connectivity index (χ3n) is 7.06. The number of rotatable bonds is 5. The molecule has 0 saturated carbocycles. The van der Waals surface area contributed by atoms with Crippen LogP contribution in [0.1, 0.15) is 27.2 Å². The fraction of sp³-hybridized carbons (Fsp3) is 0.233. The van der Waals surface area contributed by atoms with Crippen molar-refractivity contribution in [1.29, 1.82) is 0 Å². The molecule has 1 aliphatic heterocycles. The van der Waals surface area contributed by atoms with Gasteiger partial charge in [0.2, 0.25) is 5.91 Å². The van der Waals surface area contributed by atoms with Crippen LogP contribution in [0, 0.1) is 0 Å². The predicted octanol–water partition coefficient (Wildman–Crippen LogP) is 4.84. The molecule has 0 spiro atoms. The molecule has 1 fully saturated rings. The van der Waals surface area contributed by atoms with Gasteiger partial charge < -0.3 is 15.1 Å². The van der Waals surface area contributed by atoms with Crippen molar-refractivity contribution in [3.05, 3.63) is 97.1 Å². The largest absolute Gasteiger partial charge is 0.534 e. The molecule has 0 bridgehead atoms. The van der Waals surface area contributed by atoms with Gasteiger partial charge in [-0.1, -0.05) is 99.6 Å². The molecule has 2 N–H and O–H groups in total. The van der Waals surface area contributed by atoms with E-state index in [-0.39, 0.29) is 10.9 Å². The van der Waals surface area contributed by atoms with Gasteiger partial charge in [-0.2, -0.15) is 0 Å². The zero-order chi connectivity index (χ0) is 24.6. The van der Waals surface area contributed by atoms with Crippen LogP contribution in [-0.4, -0.2) is 26.8 Å². The topological polar surface area (TPSA) is 55.6 Å². The second-order valence-electron chi connectivity index (χ2n) is 10.3. The van der Waals surface area contributed by atoms with Crippen molar-refractivity contribution in [2.24, 2.45) is 5.73 Å². The van der Waals surface area contributed by atoms with E-state index in [1.54, 1.807) is 0 Å². The second kappa shape index (κ2) is 8.99. The summed E-state index contributed by atoms with van der Waals surface area (Å²) in [5.41, 5.74) is 6.93. The summed E-state index contributed by atoms with van der Waals surface area (Å²) in [5.74, 6) is 0.797. The second-order valence-corrected chi connectivity index (χ2v) is 14.5. The minimum atomic E-state index is -2.75. The number of amides is 1. The van der Waals surface area contributed by atoms with Crippen molar-refractivity contribution >= 4 is 41.1 Å². The number of hydrogen-bond acceptors (Lipinski definition) is 3. The lowest BCUT2D eigenvalue weighted by Gasteiger charge is -2.43. The lowest BCUT2D eigenvalue weighted by molar-refractivity contribution is -0.118. The van der Waals surface area contributed by atoms with Gasteiger partial charge in [0.15, 0.2) is 0 Å². The van der Waals surface area contributed by atoms with Crippen LogP contribution in [0.25, 0.3) is 10.8 Å². The number of nitrogens with zero attached hydrogens (tertiary/aromatic N) is 1. The van der Waals surface area contributed by atoms with Crippen molar-refractivity contribution in [3.63, 3.8) is 0 Å². The highest BCUT2D eigenvalue weighted by Gasteiger charge is 2.52. The Hall–Kier alpha value is -3.41. The Morgan fingerprint density at radius 2 is 1.49 bits per heavy atom. The van der Waals surface area contributed by atoms with E-state index in [1.807, 2.05) is 17.0 Å². The molecule has 0 aliphatic carbocycles. The first-order chi connectivity index (χ1) is 16.8. The highest BCUT2D eigenvalue weighted by atomic mass is 28.4. The molecule has 4 aromatic rings. The number of carbonyl (C=O) groups excluding carboxylic acids is 1. The maximum Gasteiger partial charge on any atom is 0.319 e. The van der Waals surface area contributed by atoms with E-state index < -0.39 is 14.4 Å². The molecule has 5 rings (SSSR count). The number of carbonyl (C=O) groups is 1. The Bertz CT molecular complexity index is 1310. The van der Waals surface area contributed by atoms with E-state index in [0.29, 0.717) is 13.0 Å². The van der Waals surface area contributed by atoms with Gasteiger partial charge >= 0.3 is 8.32 Å². The van der Waals surface area contributed by atoms with Gasteiger partial charge in [0, 0.05) is 11.9 Å². The molecule has 178 valence electrons. The van der Waals surface area contributed by atoms with E-state index in [4.69, 9.17) is 10.2 Å².